The molecule has 200 valence electrons. The lowest BCUT2D eigenvalue weighted by molar-refractivity contribution is -0.142. The zero-order valence-electron chi connectivity index (χ0n) is 20.4. The van der Waals surface area contributed by atoms with Crippen LogP contribution in [0.1, 0.15) is 18.4 Å². The predicted octanol–water partition coefficient (Wildman–Crippen LogP) is -1.36. The van der Waals surface area contributed by atoms with Crippen LogP contribution in [0.25, 0.3) is 0 Å². The predicted molar refractivity (Wildman–Crippen MR) is 129 cm³/mol. The highest BCUT2D eigenvalue weighted by molar-refractivity contribution is 6.02. The quantitative estimate of drug-likeness (QED) is 0.212. The summed E-state index contributed by atoms with van der Waals surface area (Å²) in [6.45, 7) is 0.564. The monoisotopic (exact) mass is 518 g/mol. The van der Waals surface area contributed by atoms with Gasteiger partial charge in [0.1, 0.15) is 6.04 Å². The normalized spacial score (nSPS) is 17.6. The van der Waals surface area contributed by atoms with Crippen LogP contribution in [0.3, 0.4) is 0 Å². The number of rotatable bonds is 3. The van der Waals surface area contributed by atoms with E-state index in [9.17, 15) is 24.0 Å². The van der Waals surface area contributed by atoms with E-state index < -0.39 is 35.7 Å². The van der Waals surface area contributed by atoms with E-state index in [1.807, 2.05) is 0 Å². The summed E-state index contributed by atoms with van der Waals surface area (Å²) in [6.07, 6.45) is 0.0124. The lowest BCUT2D eigenvalue weighted by atomic mass is 10.1. The van der Waals surface area contributed by atoms with E-state index in [0.717, 1.165) is 0 Å². The maximum Gasteiger partial charge on any atom is 0.322 e. The molecule has 5 N–H and O–H groups in total. The Balaban J connectivity index is 2.10. The smallest absolute Gasteiger partial charge is 0.322 e. The van der Waals surface area contributed by atoms with E-state index in [0.29, 0.717) is 5.56 Å². The van der Waals surface area contributed by atoms with E-state index in [2.05, 4.69) is 32.5 Å². The minimum absolute atomic E-state index is 0.0217. The summed E-state index contributed by atoms with van der Waals surface area (Å²) in [5.74, 6) is 1.49. The Labute approximate surface area is 213 Å². The number of ether oxygens (including phenoxy) is 4. The van der Waals surface area contributed by atoms with Crippen molar-refractivity contribution in [1.29, 1.82) is 0 Å². The number of fused-ring (bicyclic) bond motifs is 1. The van der Waals surface area contributed by atoms with Crippen LogP contribution in [0, 0.1) is 11.8 Å². The Hall–Kier alpha value is -3.99. The highest BCUT2D eigenvalue weighted by atomic mass is 16.5. The summed E-state index contributed by atoms with van der Waals surface area (Å²) >= 11 is 0. The number of hydrogen-bond donors (Lipinski definition) is 4. The summed E-state index contributed by atoms with van der Waals surface area (Å²) in [4.78, 5) is 59.7. The molecule has 0 fully saturated rings. The van der Waals surface area contributed by atoms with Gasteiger partial charge in [-0.2, -0.15) is 0 Å². The lowest BCUT2D eigenvalue weighted by Gasteiger charge is -2.15. The molecule has 13 heteroatoms. The average Bonchev–Trinajstić information content (AvgIpc) is 2.87. The van der Waals surface area contributed by atoms with Crippen molar-refractivity contribution < 1.29 is 42.9 Å². The number of anilines is 1. The molecule has 1 aliphatic rings. The zero-order chi connectivity index (χ0) is 27.0. The van der Waals surface area contributed by atoms with E-state index in [1.165, 1.54) is 13.2 Å². The molecule has 1 atom stereocenters. The van der Waals surface area contributed by atoms with Gasteiger partial charge in [0.15, 0.2) is 5.75 Å². The first kappa shape index (κ1) is 29.2. The Morgan fingerprint density at radius 1 is 1.00 bits per heavy atom. The molecular formula is C24H30N4O9. The number of carbonyl (C=O) groups excluding carboxylic acids is 5. The molecule has 1 aromatic rings. The largest absolute Gasteiger partial charge is 0.468 e. The highest BCUT2D eigenvalue weighted by Crippen LogP contribution is 2.27. The van der Waals surface area contributed by atoms with Crippen LogP contribution < -0.4 is 26.4 Å². The molecule has 37 heavy (non-hydrogen) atoms. The van der Waals surface area contributed by atoms with Crippen molar-refractivity contribution >= 4 is 35.3 Å². The molecule has 1 aliphatic heterocycles. The van der Waals surface area contributed by atoms with Crippen LogP contribution in [0.4, 0.5) is 5.69 Å². The van der Waals surface area contributed by atoms with Gasteiger partial charge in [0.2, 0.25) is 5.91 Å². The van der Waals surface area contributed by atoms with Crippen LogP contribution in [0.15, 0.2) is 18.2 Å². The van der Waals surface area contributed by atoms with Gasteiger partial charge in [0.05, 0.1) is 52.1 Å². The number of hydrogen-bond acceptors (Lipinski definition) is 10. The number of benzene rings is 1. The topological polar surface area (TPSA) is 184 Å². The third kappa shape index (κ3) is 11.5. The molecule has 0 saturated heterocycles. The first-order valence-corrected chi connectivity index (χ1v) is 11.5. The minimum Gasteiger partial charge on any atom is -0.468 e. The van der Waals surface area contributed by atoms with Crippen molar-refractivity contribution in [3.8, 4) is 17.6 Å². The van der Waals surface area contributed by atoms with Gasteiger partial charge < -0.3 is 40.6 Å². The Morgan fingerprint density at radius 3 is 2.24 bits per heavy atom. The highest BCUT2D eigenvalue weighted by Gasteiger charge is 2.18. The fourth-order valence-electron chi connectivity index (χ4n) is 2.97. The van der Waals surface area contributed by atoms with Crippen LogP contribution in [-0.2, 0) is 44.6 Å². The molecular weight excluding hydrogens is 488 g/mol. The lowest BCUT2D eigenvalue weighted by Crippen LogP contribution is -2.33. The number of carbonyl (C=O) groups is 5. The third-order valence-corrected chi connectivity index (χ3v) is 4.78. The number of nitrogens with one attached hydrogen (secondary N) is 3. The van der Waals surface area contributed by atoms with Crippen LogP contribution >= 0.6 is 0 Å². The molecule has 0 aliphatic carbocycles. The van der Waals surface area contributed by atoms with Gasteiger partial charge in [-0.25, -0.2) is 0 Å². The van der Waals surface area contributed by atoms with Gasteiger partial charge in [-0.1, -0.05) is 6.07 Å². The van der Waals surface area contributed by atoms with Gasteiger partial charge >= 0.3 is 11.9 Å². The van der Waals surface area contributed by atoms with Crippen molar-refractivity contribution in [2.45, 2.75) is 25.3 Å². The van der Waals surface area contributed by atoms with Gasteiger partial charge in [-0.05, 0) is 24.1 Å². The number of nitrogens with two attached hydrogens (primary N) is 1. The Kier molecular flexibility index (Phi) is 12.6. The fourth-order valence-corrected chi connectivity index (χ4v) is 2.97. The van der Waals surface area contributed by atoms with E-state index in [-0.39, 0.29) is 70.2 Å². The van der Waals surface area contributed by atoms with Crippen molar-refractivity contribution in [2.75, 3.05) is 51.9 Å². The second kappa shape index (κ2) is 15.9. The molecule has 3 amide bonds. The van der Waals surface area contributed by atoms with E-state index >= 15 is 0 Å². The summed E-state index contributed by atoms with van der Waals surface area (Å²) in [5, 5.41) is 7.60. The molecule has 0 radical (unpaired) electrons. The summed E-state index contributed by atoms with van der Waals surface area (Å²) in [6, 6.07) is 3.74. The zero-order valence-corrected chi connectivity index (χ0v) is 20.4. The van der Waals surface area contributed by atoms with Crippen molar-refractivity contribution in [2.24, 2.45) is 5.73 Å². The van der Waals surface area contributed by atoms with Gasteiger partial charge in [-0.15, -0.1) is 0 Å². The summed E-state index contributed by atoms with van der Waals surface area (Å²) < 4.78 is 20.7. The number of esters is 2. The summed E-state index contributed by atoms with van der Waals surface area (Å²) in [7, 11) is 1.23. The molecule has 0 unspecified atom stereocenters. The van der Waals surface area contributed by atoms with Gasteiger partial charge in [0.25, 0.3) is 11.8 Å². The van der Waals surface area contributed by atoms with Crippen LogP contribution in [-0.4, -0.2) is 82.3 Å². The first-order valence-electron chi connectivity index (χ1n) is 11.5. The Morgan fingerprint density at radius 2 is 1.62 bits per heavy atom. The summed E-state index contributed by atoms with van der Waals surface area (Å²) in [5.41, 5.74) is 6.65. The van der Waals surface area contributed by atoms with Gasteiger partial charge in [-0.3, -0.25) is 24.0 Å². The molecule has 0 bridgehead atoms. The van der Waals surface area contributed by atoms with Gasteiger partial charge in [0, 0.05) is 24.9 Å². The molecule has 1 aromatic carbocycles. The molecule has 13 nitrogen and oxygen atoms in total. The van der Waals surface area contributed by atoms with Crippen molar-refractivity contribution in [1.82, 2.24) is 10.6 Å². The second-order valence-corrected chi connectivity index (χ2v) is 7.67. The standard InChI is InChI=1S/C24H30N4O9/c1-34-24(33)17(25)14-16-2-3-19-18(15-16)28-22(31)6-10-35-12-8-26-20(29)4-5-21(30)27-9-13-36-11-7-23(32)37-19/h2-3,15,17H,6-14,25H2,1H3,(H,26,29)(H,27,30)(H,28,31)/t17-/m0/s1. The number of amides is 3. The van der Waals surface area contributed by atoms with E-state index in [1.54, 1.807) is 12.1 Å². The van der Waals surface area contributed by atoms with Crippen LogP contribution in [0.2, 0.25) is 0 Å². The maximum atomic E-state index is 12.5. The molecule has 1 heterocycles. The first-order chi connectivity index (χ1) is 17.8. The fraction of sp³-hybridized carbons (Fsp3) is 0.458. The molecule has 0 aromatic heterocycles. The second-order valence-electron chi connectivity index (χ2n) is 7.67. The molecule has 2 rings (SSSR count). The van der Waals surface area contributed by atoms with Crippen LogP contribution in [0.5, 0.6) is 5.75 Å². The maximum absolute atomic E-state index is 12.5. The average molecular weight is 519 g/mol. The van der Waals surface area contributed by atoms with E-state index in [4.69, 9.17) is 19.9 Å². The minimum atomic E-state index is -0.913. The number of methoxy groups -OCH3 is 1. The van der Waals surface area contributed by atoms with Crippen molar-refractivity contribution in [3.63, 3.8) is 0 Å². The van der Waals surface area contributed by atoms with Crippen molar-refractivity contribution in [3.05, 3.63) is 23.8 Å². The molecule has 0 spiro atoms. The SMILES string of the molecule is COC(=O)[C@@H](N)Cc1ccc2c(c1)NC(=O)CCOCCNC(=O)C#CC(=O)NCCOCCC(=O)O2. The third-order valence-electron chi connectivity index (χ3n) is 4.78. The Bertz CT molecular complexity index is 1050. The molecule has 0 saturated carbocycles.